The minimum atomic E-state index is -0.445. The Balaban J connectivity index is 2.51. The molecule has 0 radical (unpaired) electrons. The van der Waals surface area contributed by atoms with E-state index < -0.39 is 17.0 Å². The third-order valence-corrected chi connectivity index (χ3v) is 3.67. The van der Waals surface area contributed by atoms with Crippen LogP contribution in [0.15, 0.2) is 12.1 Å². The molecule has 0 heterocycles. The molecule has 1 saturated carbocycles. The normalized spacial score (nSPS) is 29.7. The molecule has 0 aromatic heterocycles. The molecule has 0 bridgehead atoms. The van der Waals surface area contributed by atoms with E-state index in [1.165, 1.54) is 12.1 Å². The summed E-state index contributed by atoms with van der Waals surface area (Å²) in [6.45, 7) is 3.57. The molecular weight excluding hydrogens is 208 g/mol. The fourth-order valence-corrected chi connectivity index (χ4v) is 2.72. The molecule has 1 aromatic carbocycles. The highest BCUT2D eigenvalue weighted by molar-refractivity contribution is 5.34. The SMILES string of the molecule is Cc1ccc(F)c(C2(C)CCC(N)C2)c1F. The summed E-state index contributed by atoms with van der Waals surface area (Å²) in [4.78, 5) is 0. The Hall–Kier alpha value is -0.960. The Labute approximate surface area is 94.7 Å². The van der Waals surface area contributed by atoms with Gasteiger partial charge in [-0.15, -0.1) is 0 Å². The Morgan fingerprint density at radius 2 is 2.06 bits per heavy atom. The smallest absolute Gasteiger partial charge is 0.132 e. The van der Waals surface area contributed by atoms with E-state index >= 15 is 0 Å². The van der Waals surface area contributed by atoms with Gasteiger partial charge in [0, 0.05) is 11.6 Å². The van der Waals surface area contributed by atoms with E-state index in [2.05, 4.69) is 0 Å². The van der Waals surface area contributed by atoms with Crippen LogP contribution in [0.4, 0.5) is 8.78 Å². The highest BCUT2D eigenvalue weighted by Gasteiger charge is 2.39. The molecule has 1 fully saturated rings. The van der Waals surface area contributed by atoms with Crippen molar-refractivity contribution >= 4 is 0 Å². The van der Waals surface area contributed by atoms with Crippen LogP contribution in [0.1, 0.15) is 37.3 Å². The van der Waals surface area contributed by atoms with Gasteiger partial charge in [0.05, 0.1) is 0 Å². The van der Waals surface area contributed by atoms with Crippen molar-refractivity contribution in [2.45, 2.75) is 44.6 Å². The largest absolute Gasteiger partial charge is 0.328 e. The van der Waals surface area contributed by atoms with Crippen LogP contribution >= 0.6 is 0 Å². The molecule has 88 valence electrons. The van der Waals surface area contributed by atoms with E-state index in [9.17, 15) is 8.78 Å². The second-order valence-electron chi connectivity index (χ2n) is 5.12. The number of aryl methyl sites for hydroxylation is 1. The first-order valence-electron chi connectivity index (χ1n) is 5.65. The molecule has 1 aromatic rings. The number of nitrogens with two attached hydrogens (primary N) is 1. The first-order chi connectivity index (χ1) is 7.44. The number of halogens is 2. The zero-order chi connectivity index (χ0) is 11.9. The standard InChI is InChI=1S/C13H17F2N/c1-8-3-4-10(14)11(12(8)15)13(2)6-5-9(16)7-13/h3-4,9H,5-7,16H2,1-2H3. The van der Waals surface area contributed by atoms with E-state index in [0.29, 0.717) is 12.0 Å². The first-order valence-corrected chi connectivity index (χ1v) is 5.65. The van der Waals surface area contributed by atoms with Crippen LogP contribution in [-0.2, 0) is 5.41 Å². The second kappa shape index (κ2) is 3.81. The van der Waals surface area contributed by atoms with E-state index in [4.69, 9.17) is 5.73 Å². The van der Waals surface area contributed by atoms with Crippen LogP contribution < -0.4 is 5.73 Å². The Kier molecular flexibility index (Phi) is 2.74. The van der Waals surface area contributed by atoms with Crippen LogP contribution in [0.2, 0.25) is 0 Å². The summed E-state index contributed by atoms with van der Waals surface area (Å²) < 4.78 is 27.8. The quantitative estimate of drug-likeness (QED) is 0.781. The van der Waals surface area contributed by atoms with Crippen molar-refractivity contribution in [2.24, 2.45) is 5.73 Å². The van der Waals surface area contributed by atoms with E-state index in [-0.39, 0.29) is 11.6 Å². The van der Waals surface area contributed by atoms with Gasteiger partial charge in [-0.25, -0.2) is 8.78 Å². The molecule has 0 amide bonds. The third-order valence-electron chi connectivity index (χ3n) is 3.67. The average Bonchev–Trinajstić information content (AvgIpc) is 2.54. The Bertz CT molecular complexity index is 417. The van der Waals surface area contributed by atoms with Gasteiger partial charge in [0.25, 0.3) is 0 Å². The van der Waals surface area contributed by atoms with Crippen molar-refractivity contribution in [2.75, 3.05) is 0 Å². The van der Waals surface area contributed by atoms with Gasteiger partial charge in [-0.05, 0) is 43.2 Å². The summed E-state index contributed by atoms with van der Waals surface area (Å²) >= 11 is 0. The molecule has 0 aliphatic heterocycles. The van der Waals surface area contributed by atoms with Gasteiger partial charge in [0.1, 0.15) is 11.6 Å². The van der Waals surface area contributed by atoms with Crippen molar-refractivity contribution < 1.29 is 8.78 Å². The molecule has 2 N–H and O–H groups in total. The van der Waals surface area contributed by atoms with Crippen molar-refractivity contribution in [1.82, 2.24) is 0 Å². The maximum absolute atomic E-state index is 14.0. The molecule has 1 nitrogen and oxygen atoms in total. The number of hydrogen-bond acceptors (Lipinski definition) is 1. The van der Waals surface area contributed by atoms with Crippen molar-refractivity contribution in [3.05, 3.63) is 34.9 Å². The van der Waals surface area contributed by atoms with Gasteiger partial charge in [-0.1, -0.05) is 13.0 Å². The van der Waals surface area contributed by atoms with Crippen LogP contribution in [-0.4, -0.2) is 6.04 Å². The summed E-state index contributed by atoms with van der Waals surface area (Å²) in [6, 6.07) is 2.89. The molecule has 2 unspecified atom stereocenters. The fourth-order valence-electron chi connectivity index (χ4n) is 2.72. The molecule has 1 aliphatic carbocycles. The summed E-state index contributed by atoms with van der Waals surface area (Å²) in [5.74, 6) is -0.851. The van der Waals surface area contributed by atoms with E-state index in [0.717, 1.165) is 12.8 Å². The van der Waals surface area contributed by atoms with Crippen molar-refractivity contribution in [3.8, 4) is 0 Å². The van der Waals surface area contributed by atoms with Crippen LogP contribution in [0.5, 0.6) is 0 Å². The lowest BCUT2D eigenvalue weighted by Crippen LogP contribution is -2.25. The molecule has 2 atom stereocenters. The molecule has 0 saturated heterocycles. The van der Waals surface area contributed by atoms with Gasteiger partial charge in [0.2, 0.25) is 0 Å². The maximum atomic E-state index is 14.0. The lowest BCUT2D eigenvalue weighted by atomic mass is 9.79. The molecular formula is C13H17F2N. The summed E-state index contributed by atoms with van der Waals surface area (Å²) in [6.07, 6.45) is 2.25. The van der Waals surface area contributed by atoms with Gasteiger partial charge >= 0.3 is 0 Å². The lowest BCUT2D eigenvalue weighted by molar-refractivity contribution is 0.418. The monoisotopic (exact) mass is 225 g/mol. The van der Waals surface area contributed by atoms with Gasteiger partial charge in [-0.2, -0.15) is 0 Å². The molecule has 3 heteroatoms. The minimum Gasteiger partial charge on any atom is -0.328 e. The lowest BCUT2D eigenvalue weighted by Gasteiger charge is -2.26. The van der Waals surface area contributed by atoms with Crippen LogP contribution in [0, 0.1) is 18.6 Å². The minimum absolute atomic E-state index is 0.0595. The topological polar surface area (TPSA) is 26.0 Å². The van der Waals surface area contributed by atoms with Crippen molar-refractivity contribution in [3.63, 3.8) is 0 Å². The first kappa shape index (κ1) is 11.5. The fraction of sp³-hybridized carbons (Fsp3) is 0.538. The van der Waals surface area contributed by atoms with E-state index in [1.54, 1.807) is 6.92 Å². The highest BCUT2D eigenvalue weighted by Crippen LogP contribution is 2.42. The average molecular weight is 225 g/mol. The molecule has 0 spiro atoms. The zero-order valence-corrected chi connectivity index (χ0v) is 9.69. The zero-order valence-electron chi connectivity index (χ0n) is 9.69. The molecule has 16 heavy (non-hydrogen) atoms. The van der Waals surface area contributed by atoms with Crippen LogP contribution in [0.3, 0.4) is 0 Å². The second-order valence-corrected chi connectivity index (χ2v) is 5.12. The predicted molar refractivity (Wildman–Crippen MR) is 60.3 cm³/mol. The maximum Gasteiger partial charge on any atom is 0.132 e. The van der Waals surface area contributed by atoms with Gasteiger partial charge in [-0.3, -0.25) is 0 Å². The van der Waals surface area contributed by atoms with Crippen LogP contribution in [0.25, 0.3) is 0 Å². The predicted octanol–water partition coefficient (Wildman–Crippen LogP) is 3.04. The molecule has 2 rings (SSSR count). The summed E-state index contributed by atoms with van der Waals surface area (Å²) in [7, 11) is 0. The summed E-state index contributed by atoms with van der Waals surface area (Å²) in [5, 5.41) is 0. The Morgan fingerprint density at radius 3 is 2.62 bits per heavy atom. The van der Waals surface area contributed by atoms with Gasteiger partial charge in [0.15, 0.2) is 0 Å². The number of hydrogen-bond donors (Lipinski definition) is 1. The highest BCUT2D eigenvalue weighted by atomic mass is 19.1. The van der Waals surface area contributed by atoms with Crippen molar-refractivity contribution in [1.29, 1.82) is 0 Å². The number of rotatable bonds is 1. The van der Waals surface area contributed by atoms with Gasteiger partial charge < -0.3 is 5.73 Å². The van der Waals surface area contributed by atoms with E-state index in [1.807, 2.05) is 6.92 Å². The molecule has 1 aliphatic rings. The third kappa shape index (κ3) is 1.73. The Morgan fingerprint density at radius 1 is 1.38 bits per heavy atom. The summed E-state index contributed by atoms with van der Waals surface area (Å²) in [5.41, 5.74) is 6.12. The number of benzene rings is 1.